The molecule has 1 amide bonds. The van der Waals surface area contributed by atoms with Gasteiger partial charge in [-0.2, -0.15) is 0 Å². The fourth-order valence-corrected chi connectivity index (χ4v) is 5.09. The molecule has 27 heavy (non-hydrogen) atoms. The first-order valence-corrected chi connectivity index (χ1v) is 10.5. The van der Waals surface area contributed by atoms with Gasteiger partial charge in [0.05, 0.1) is 0 Å². The highest BCUT2D eigenvalue weighted by atomic mass is 16.2. The molecule has 1 saturated carbocycles. The fraction of sp³-hybridized carbons (Fsp3) is 0.636. The first-order chi connectivity index (χ1) is 13.2. The van der Waals surface area contributed by atoms with Crippen molar-refractivity contribution in [2.75, 3.05) is 26.7 Å². The number of carbonyl (C=O) groups excluding carboxylic acids is 1. The van der Waals surface area contributed by atoms with Crippen LogP contribution >= 0.6 is 0 Å². The van der Waals surface area contributed by atoms with Gasteiger partial charge in [-0.05, 0) is 42.2 Å². The second-order valence-electron chi connectivity index (χ2n) is 8.47. The van der Waals surface area contributed by atoms with Crippen molar-refractivity contribution in [2.24, 2.45) is 10.4 Å². The molecule has 0 unspecified atom stereocenters. The van der Waals surface area contributed by atoms with E-state index in [4.69, 9.17) is 0 Å². The van der Waals surface area contributed by atoms with E-state index in [9.17, 15) is 4.79 Å². The van der Waals surface area contributed by atoms with Crippen LogP contribution in [-0.4, -0.2) is 48.3 Å². The molecule has 5 heteroatoms. The average molecular weight is 369 g/mol. The second kappa shape index (κ2) is 7.91. The second-order valence-corrected chi connectivity index (χ2v) is 8.47. The number of benzene rings is 1. The van der Waals surface area contributed by atoms with E-state index < -0.39 is 0 Å². The Labute approximate surface area is 162 Å². The number of carbonyl (C=O) groups is 1. The summed E-state index contributed by atoms with van der Waals surface area (Å²) in [5.74, 6) is 1.27. The van der Waals surface area contributed by atoms with E-state index >= 15 is 0 Å². The number of hydrogen-bond acceptors (Lipinski definition) is 2. The highest BCUT2D eigenvalue weighted by Crippen LogP contribution is 2.45. The summed E-state index contributed by atoms with van der Waals surface area (Å²) in [6, 6.07) is 8.36. The Kier molecular flexibility index (Phi) is 5.37. The van der Waals surface area contributed by atoms with Crippen LogP contribution in [0.25, 0.3) is 0 Å². The molecule has 0 aromatic heterocycles. The minimum Gasteiger partial charge on any atom is -0.356 e. The summed E-state index contributed by atoms with van der Waals surface area (Å²) in [4.78, 5) is 21.4. The minimum atomic E-state index is 0.258. The Morgan fingerprint density at radius 3 is 2.48 bits per heavy atom. The van der Waals surface area contributed by atoms with Crippen molar-refractivity contribution in [1.82, 2.24) is 15.1 Å². The van der Waals surface area contributed by atoms with Crippen LogP contribution < -0.4 is 5.32 Å². The van der Waals surface area contributed by atoms with Crippen molar-refractivity contribution in [3.63, 3.8) is 0 Å². The minimum absolute atomic E-state index is 0.258. The molecular formula is C22H32N4O. The maximum atomic E-state index is 12.5. The summed E-state index contributed by atoms with van der Waals surface area (Å²) in [6.07, 6.45) is 8.30. The van der Waals surface area contributed by atoms with Crippen molar-refractivity contribution >= 4 is 11.9 Å². The van der Waals surface area contributed by atoms with Crippen molar-refractivity contribution < 1.29 is 4.79 Å². The van der Waals surface area contributed by atoms with Gasteiger partial charge in [0.2, 0.25) is 5.91 Å². The van der Waals surface area contributed by atoms with Gasteiger partial charge >= 0.3 is 0 Å². The predicted octanol–water partition coefficient (Wildman–Crippen LogP) is 3.15. The number of aliphatic imine (C=N–C) groups is 1. The van der Waals surface area contributed by atoms with Crippen molar-refractivity contribution in [1.29, 1.82) is 0 Å². The van der Waals surface area contributed by atoms with Crippen molar-refractivity contribution in [3.8, 4) is 0 Å². The van der Waals surface area contributed by atoms with Gasteiger partial charge in [0.15, 0.2) is 5.96 Å². The number of nitrogens with one attached hydrogen (secondary N) is 1. The van der Waals surface area contributed by atoms with Crippen LogP contribution in [0.1, 0.15) is 56.1 Å². The van der Waals surface area contributed by atoms with Gasteiger partial charge < -0.3 is 15.1 Å². The Balaban J connectivity index is 1.19. The highest BCUT2D eigenvalue weighted by molar-refractivity contribution is 5.80. The van der Waals surface area contributed by atoms with E-state index in [-0.39, 0.29) is 5.91 Å². The molecule has 3 aliphatic rings. The monoisotopic (exact) mass is 368 g/mol. The molecule has 0 bridgehead atoms. The average Bonchev–Trinajstić information content (AvgIpc) is 3.42. The Morgan fingerprint density at radius 2 is 1.81 bits per heavy atom. The number of guanidine groups is 1. The summed E-state index contributed by atoms with van der Waals surface area (Å²) in [5.41, 5.74) is 3.14. The van der Waals surface area contributed by atoms with Crippen LogP contribution in [0.5, 0.6) is 0 Å². The molecule has 2 heterocycles. The van der Waals surface area contributed by atoms with Gasteiger partial charge in [0.1, 0.15) is 0 Å². The van der Waals surface area contributed by atoms with Gasteiger partial charge in [0.25, 0.3) is 0 Å². The van der Waals surface area contributed by atoms with Gasteiger partial charge in [-0.3, -0.25) is 9.79 Å². The molecule has 1 saturated heterocycles. The quantitative estimate of drug-likeness (QED) is 0.505. The fourth-order valence-electron chi connectivity index (χ4n) is 5.09. The SMILES string of the molecule is CN=C(NCCCC(=O)N1Cc2ccccc2C1)N1CCC2(CCCC2)C1. The summed E-state index contributed by atoms with van der Waals surface area (Å²) >= 11 is 0. The molecule has 1 aliphatic carbocycles. The summed E-state index contributed by atoms with van der Waals surface area (Å²) in [5, 5.41) is 3.49. The number of fused-ring (bicyclic) bond motifs is 1. The molecule has 0 atom stereocenters. The number of likely N-dealkylation sites (tertiary alicyclic amines) is 1. The zero-order valence-corrected chi connectivity index (χ0v) is 16.5. The molecule has 2 aliphatic heterocycles. The molecule has 0 radical (unpaired) electrons. The van der Waals surface area contributed by atoms with E-state index in [2.05, 4.69) is 39.5 Å². The third-order valence-corrected chi connectivity index (χ3v) is 6.66. The number of hydrogen-bond donors (Lipinski definition) is 1. The van der Waals surface area contributed by atoms with Gasteiger partial charge in [-0.25, -0.2) is 0 Å². The maximum absolute atomic E-state index is 12.5. The number of amides is 1. The molecule has 1 N–H and O–H groups in total. The first-order valence-electron chi connectivity index (χ1n) is 10.5. The lowest BCUT2D eigenvalue weighted by molar-refractivity contribution is -0.131. The third-order valence-electron chi connectivity index (χ3n) is 6.66. The van der Waals surface area contributed by atoms with E-state index in [1.54, 1.807) is 0 Å². The largest absolute Gasteiger partial charge is 0.356 e. The lowest BCUT2D eigenvalue weighted by atomic mass is 9.86. The highest BCUT2D eigenvalue weighted by Gasteiger charge is 2.41. The molecule has 146 valence electrons. The van der Waals surface area contributed by atoms with E-state index in [0.29, 0.717) is 11.8 Å². The van der Waals surface area contributed by atoms with Crippen LogP contribution in [0.4, 0.5) is 0 Å². The zero-order chi connectivity index (χ0) is 18.7. The van der Waals surface area contributed by atoms with Crippen molar-refractivity contribution in [2.45, 2.75) is 58.0 Å². The van der Waals surface area contributed by atoms with Crippen LogP contribution in [0, 0.1) is 5.41 Å². The molecule has 1 aromatic rings. The lowest BCUT2D eigenvalue weighted by Crippen LogP contribution is -2.41. The van der Waals surface area contributed by atoms with Crippen LogP contribution in [0.2, 0.25) is 0 Å². The van der Waals surface area contributed by atoms with Gasteiger partial charge in [-0.15, -0.1) is 0 Å². The molecule has 1 spiro atoms. The number of rotatable bonds is 4. The Morgan fingerprint density at radius 1 is 1.11 bits per heavy atom. The molecule has 2 fully saturated rings. The Hall–Kier alpha value is -2.04. The summed E-state index contributed by atoms with van der Waals surface area (Å²) in [6.45, 7) is 4.60. The molecule has 5 nitrogen and oxygen atoms in total. The topological polar surface area (TPSA) is 47.9 Å². The standard InChI is InChI=1S/C22H32N4O/c1-23-21(25-14-12-22(17-25)10-4-5-11-22)24-13-6-9-20(27)26-15-18-7-2-3-8-19(18)16-26/h2-3,7-8H,4-6,9-17H2,1H3,(H,23,24). The van der Waals surface area contributed by atoms with Crippen LogP contribution in [-0.2, 0) is 17.9 Å². The summed E-state index contributed by atoms with van der Waals surface area (Å²) < 4.78 is 0. The smallest absolute Gasteiger partial charge is 0.223 e. The molecule has 4 rings (SSSR count). The lowest BCUT2D eigenvalue weighted by Gasteiger charge is -2.26. The molecular weight excluding hydrogens is 336 g/mol. The van der Waals surface area contributed by atoms with E-state index in [1.165, 1.54) is 43.2 Å². The normalized spacial score (nSPS) is 21.1. The predicted molar refractivity (Wildman–Crippen MR) is 108 cm³/mol. The number of nitrogens with zero attached hydrogens (tertiary/aromatic N) is 3. The third kappa shape index (κ3) is 3.97. The van der Waals surface area contributed by atoms with Gasteiger partial charge in [-0.1, -0.05) is 37.1 Å². The summed E-state index contributed by atoms with van der Waals surface area (Å²) in [7, 11) is 1.87. The van der Waals surface area contributed by atoms with Crippen LogP contribution in [0.3, 0.4) is 0 Å². The molecule has 1 aromatic carbocycles. The van der Waals surface area contributed by atoms with E-state index in [1.807, 2.05) is 11.9 Å². The zero-order valence-electron chi connectivity index (χ0n) is 16.5. The Bertz CT molecular complexity index is 683. The maximum Gasteiger partial charge on any atom is 0.223 e. The van der Waals surface area contributed by atoms with Crippen LogP contribution in [0.15, 0.2) is 29.3 Å². The van der Waals surface area contributed by atoms with E-state index in [0.717, 1.165) is 45.1 Å². The van der Waals surface area contributed by atoms with Gasteiger partial charge in [0, 0.05) is 46.2 Å². The first kappa shape index (κ1) is 18.3. The van der Waals surface area contributed by atoms with Crippen molar-refractivity contribution in [3.05, 3.63) is 35.4 Å².